The molecule has 0 aliphatic heterocycles. The first kappa shape index (κ1) is 16.8. The van der Waals surface area contributed by atoms with Gasteiger partial charge in [-0.1, -0.05) is 27.2 Å². The number of thioether (sulfide) groups is 1. The van der Waals surface area contributed by atoms with Crippen LogP contribution >= 0.6 is 11.8 Å². The highest BCUT2D eigenvalue weighted by molar-refractivity contribution is 7.99. The van der Waals surface area contributed by atoms with Crippen molar-refractivity contribution in [2.45, 2.75) is 52.5 Å². The number of hydrogen-bond donors (Lipinski definition) is 1. The van der Waals surface area contributed by atoms with Crippen LogP contribution in [0.2, 0.25) is 0 Å². The molecule has 0 rings (SSSR count). The van der Waals surface area contributed by atoms with E-state index >= 15 is 0 Å². The second-order valence-electron chi connectivity index (χ2n) is 4.71. The molecule has 102 valence electrons. The number of unbranched alkanes of at least 4 members (excludes halogenated alkanes) is 1. The zero-order chi connectivity index (χ0) is 13.1. The van der Waals surface area contributed by atoms with Gasteiger partial charge in [-0.25, -0.2) is 0 Å². The van der Waals surface area contributed by atoms with E-state index in [-0.39, 0.29) is 5.97 Å². The largest absolute Gasteiger partial charge is 0.465 e. The fourth-order valence-electron chi connectivity index (χ4n) is 1.18. The van der Waals surface area contributed by atoms with E-state index in [0.29, 0.717) is 12.5 Å². The van der Waals surface area contributed by atoms with Crippen molar-refractivity contribution in [3.63, 3.8) is 0 Å². The van der Waals surface area contributed by atoms with E-state index in [2.05, 4.69) is 20.8 Å². The van der Waals surface area contributed by atoms with E-state index in [9.17, 15) is 4.79 Å². The third-order valence-corrected chi connectivity index (χ3v) is 3.56. The maximum absolute atomic E-state index is 11.5. The van der Waals surface area contributed by atoms with Gasteiger partial charge < -0.3 is 10.5 Å². The first-order valence-electron chi connectivity index (χ1n) is 6.57. The van der Waals surface area contributed by atoms with Crippen molar-refractivity contribution >= 4 is 17.7 Å². The predicted octanol–water partition coefficient (Wildman–Crippen LogP) is 2.83. The van der Waals surface area contributed by atoms with Gasteiger partial charge in [-0.05, 0) is 36.7 Å². The molecule has 0 heterocycles. The summed E-state index contributed by atoms with van der Waals surface area (Å²) in [5, 5.41) is 0. The zero-order valence-corrected chi connectivity index (χ0v) is 12.2. The molecule has 0 aromatic heterocycles. The van der Waals surface area contributed by atoms with Gasteiger partial charge in [0.15, 0.2) is 0 Å². The monoisotopic (exact) mass is 261 g/mol. The topological polar surface area (TPSA) is 52.3 Å². The van der Waals surface area contributed by atoms with E-state index < -0.39 is 6.04 Å². The molecule has 0 spiro atoms. The fraction of sp³-hybridized carbons (Fsp3) is 0.923. The number of nitrogens with two attached hydrogens (primary N) is 1. The Bertz CT molecular complexity index is 198. The Morgan fingerprint density at radius 2 is 2.00 bits per heavy atom. The van der Waals surface area contributed by atoms with Gasteiger partial charge in [0, 0.05) is 0 Å². The van der Waals surface area contributed by atoms with Crippen molar-refractivity contribution in [1.29, 1.82) is 0 Å². The van der Waals surface area contributed by atoms with Crippen molar-refractivity contribution in [3.05, 3.63) is 0 Å². The highest BCUT2D eigenvalue weighted by Crippen LogP contribution is 2.08. The van der Waals surface area contributed by atoms with Gasteiger partial charge in [0.05, 0.1) is 6.61 Å². The molecule has 0 aliphatic rings. The van der Waals surface area contributed by atoms with Crippen molar-refractivity contribution in [1.82, 2.24) is 0 Å². The van der Waals surface area contributed by atoms with E-state index in [1.165, 1.54) is 12.8 Å². The first-order valence-corrected chi connectivity index (χ1v) is 7.73. The molecule has 2 N–H and O–H groups in total. The normalized spacial score (nSPS) is 12.8. The second-order valence-corrected chi connectivity index (χ2v) is 5.94. The Balaban J connectivity index is 3.47. The number of hydrogen-bond acceptors (Lipinski definition) is 4. The van der Waals surface area contributed by atoms with E-state index in [0.717, 1.165) is 24.3 Å². The Labute approximate surface area is 110 Å². The molecule has 0 amide bonds. The van der Waals surface area contributed by atoms with Crippen LogP contribution in [0.1, 0.15) is 46.5 Å². The van der Waals surface area contributed by atoms with Crippen molar-refractivity contribution < 1.29 is 9.53 Å². The third kappa shape index (κ3) is 10.6. The minimum atomic E-state index is -0.448. The molecule has 0 aliphatic carbocycles. The predicted molar refractivity (Wildman–Crippen MR) is 75.2 cm³/mol. The summed E-state index contributed by atoms with van der Waals surface area (Å²) in [6.45, 7) is 6.89. The minimum absolute atomic E-state index is 0.248. The van der Waals surface area contributed by atoms with Gasteiger partial charge >= 0.3 is 5.97 Å². The lowest BCUT2D eigenvalue weighted by atomic mass is 10.1. The molecule has 0 unspecified atom stereocenters. The number of carbonyl (C=O) groups excluding carboxylic acids is 1. The van der Waals surface area contributed by atoms with Crippen LogP contribution in [0.3, 0.4) is 0 Å². The van der Waals surface area contributed by atoms with Crippen molar-refractivity contribution in [2.75, 3.05) is 18.1 Å². The smallest absolute Gasteiger partial charge is 0.322 e. The highest BCUT2D eigenvalue weighted by atomic mass is 32.2. The van der Waals surface area contributed by atoms with E-state index in [4.69, 9.17) is 10.5 Å². The fourth-order valence-corrected chi connectivity index (χ4v) is 2.30. The molecule has 17 heavy (non-hydrogen) atoms. The molecular formula is C13H27NO2S. The summed E-state index contributed by atoms with van der Waals surface area (Å²) in [7, 11) is 0. The van der Waals surface area contributed by atoms with Crippen LogP contribution in [0.25, 0.3) is 0 Å². The molecule has 0 saturated heterocycles. The summed E-state index contributed by atoms with van der Waals surface area (Å²) in [6.07, 6.45) is 4.08. The van der Waals surface area contributed by atoms with Gasteiger partial charge in [0.25, 0.3) is 0 Å². The molecule has 0 fully saturated rings. The maximum atomic E-state index is 11.5. The van der Waals surface area contributed by atoms with Crippen LogP contribution in [0.4, 0.5) is 0 Å². The Kier molecular flexibility index (Phi) is 10.8. The molecule has 1 atom stereocenters. The average molecular weight is 261 g/mol. The van der Waals surface area contributed by atoms with Gasteiger partial charge in [-0.3, -0.25) is 4.79 Å². The van der Waals surface area contributed by atoms with Crippen LogP contribution in [0.15, 0.2) is 0 Å². The highest BCUT2D eigenvalue weighted by Gasteiger charge is 2.14. The summed E-state index contributed by atoms with van der Waals surface area (Å²) in [5.74, 6) is 2.41. The molecule has 0 bridgehead atoms. The SMILES string of the molecule is CCCCSCC[C@H](N)C(=O)OCCC(C)C. The average Bonchev–Trinajstić information content (AvgIpc) is 2.27. The number of esters is 1. The number of ether oxygens (including phenoxy) is 1. The summed E-state index contributed by atoms with van der Waals surface area (Å²) in [5.41, 5.74) is 5.76. The summed E-state index contributed by atoms with van der Waals surface area (Å²) in [4.78, 5) is 11.5. The van der Waals surface area contributed by atoms with Crippen LogP contribution in [0.5, 0.6) is 0 Å². The quantitative estimate of drug-likeness (QED) is 0.485. The molecule has 0 aromatic carbocycles. The van der Waals surface area contributed by atoms with Gasteiger partial charge in [-0.2, -0.15) is 11.8 Å². The zero-order valence-electron chi connectivity index (χ0n) is 11.4. The van der Waals surface area contributed by atoms with Crippen molar-refractivity contribution in [2.24, 2.45) is 11.7 Å². The van der Waals surface area contributed by atoms with Crippen LogP contribution in [-0.2, 0) is 9.53 Å². The second kappa shape index (κ2) is 10.9. The Hall–Kier alpha value is -0.220. The lowest BCUT2D eigenvalue weighted by Gasteiger charge is -2.12. The molecule has 3 nitrogen and oxygen atoms in total. The van der Waals surface area contributed by atoms with Crippen LogP contribution < -0.4 is 5.73 Å². The maximum Gasteiger partial charge on any atom is 0.322 e. The standard InChI is InChI=1S/C13H27NO2S/c1-4-5-9-17-10-7-12(14)13(15)16-8-6-11(2)3/h11-12H,4-10,14H2,1-3H3/t12-/m0/s1. The third-order valence-electron chi connectivity index (χ3n) is 2.46. The van der Waals surface area contributed by atoms with Crippen LogP contribution in [0, 0.1) is 5.92 Å². The van der Waals surface area contributed by atoms with Crippen LogP contribution in [-0.4, -0.2) is 30.1 Å². The van der Waals surface area contributed by atoms with Gasteiger partial charge in [0.1, 0.15) is 6.04 Å². The van der Waals surface area contributed by atoms with E-state index in [1.54, 1.807) is 0 Å². The molecule has 0 saturated carbocycles. The molecule has 0 aromatic rings. The lowest BCUT2D eigenvalue weighted by Crippen LogP contribution is -2.33. The molecule has 0 radical (unpaired) electrons. The molecule has 4 heteroatoms. The number of carbonyl (C=O) groups is 1. The molecular weight excluding hydrogens is 234 g/mol. The number of rotatable bonds is 10. The summed E-state index contributed by atoms with van der Waals surface area (Å²) < 4.78 is 5.12. The van der Waals surface area contributed by atoms with Gasteiger partial charge in [-0.15, -0.1) is 0 Å². The summed E-state index contributed by atoms with van der Waals surface area (Å²) in [6, 6.07) is -0.448. The lowest BCUT2D eigenvalue weighted by molar-refractivity contribution is -0.145. The first-order chi connectivity index (χ1) is 8.07. The summed E-state index contributed by atoms with van der Waals surface area (Å²) >= 11 is 1.86. The van der Waals surface area contributed by atoms with E-state index in [1.807, 2.05) is 11.8 Å². The van der Waals surface area contributed by atoms with Gasteiger partial charge in [0.2, 0.25) is 0 Å². The Morgan fingerprint density at radius 3 is 2.59 bits per heavy atom. The Morgan fingerprint density at radius 1 is 1.29 bits per heavy atom. The van der Waals surface area contributed by atoms with Crippen molar-refractivity contribution in [3.8, 4) is 0 Å². The minimum Gasteiger partial charge on any atom is -0.465 e.